The molecule has 2 heterocycles. The third-order valence-corrected chi connectivity index (χ3v) is 3.75. The molecule has 0 fully saturated rings. The summed E-state index contributed by atoms with van der Waals surface area (Å²) < 4.78 is 7.62. The number of rotatable bonds is 6. The van der Waals surface area contributed by atoms with E-state index in [-0.39, 0.29) is 12.0 Å². The van der Waals surface area contributed by atoms with Gasteiger partial charge in [-0.2, -0.15) is 0 Å². The number of nitrogens with one attached hydrogen (secondary N) is 1. The number of imidazole rings is 1. The van der Waals surface area contributed by atoms with Crippen molar-refractivity contribution in [3.05, 3.63) is 71.7 Å². The molecule has 134 valence electrons. The van der Waals surface area contributed by atoms with Crippen molar-refractivity contribution in [2.75, 3.05) is 0 Å². The van der Waals surface area contributed by atoms with Crippen LogP contribution in [-0.4, -0.2) is 21.4 Å². The Bertz CT molecular complexity index is 941. The molecular formula is C21H23N3O2. The molecule has 3 aromatic rings. The van der Waals surface area contributed by atoms with Gasteiger partial charge in [0, 0.05) is 18.5 Å². The summed E-state index contributed by atoms with van der Waals surface area (Å²) >= 11 is 0. The highest BCUT2D eigenvalue weighted by atomic mass is 16.5. The van der Waals surface area contributed by atoms with Crippen LogP contribution in [0.2, 0.25) is 0 Å². The highest BCUT2D eigenvalue weighted by molar-refractivity contribution is 5.91. The molecule has 0 aliphatic heterocycles. The van der Waals surface area contributed by atoms with Crippen LogP contribution in [0.25, 0.3) is 11.7 Å². The van der Waals surface area contributed by atoms with Crippen LogP contribution in [-0.2, 0) is 11.3 Å². The maximum Gasteiger partial charge on any atom is 0.244 e. The second kappa shape index (κ2) is 7.87. The Kier molecular flexibility index (Phi) is 5.37. The van der Waals surface area contributed by atoms with Crippen molar-refractivity contribution in [2.24, 2.45) is 0 Å². The van der Waals surface area contributed by atoms with Crippen LogP contribution in [0.15, 0.2) is 54.9 Å². The molecule has 1 amide bonds. The highest BCUT2D eigenvalue weighted by Crippen LogP contribution is 2.16. The lowest BCUT2D eigenvalue weighted by Crippen LogP contribution is -2.20. The van der Waals surface area contributed by atoms with Gasteiger partial charge >= 0.3 is 0 Å². The molecule has 2 aromatic heterocycles. The Labute approximate surface area is 153 Å². The van der Waals surface area contributed by atoms with E-state index >= 15 is 0 Å². The zero-order chi connectivity index (χ0) is 18.5. The summed E-state index contributed by atoms with van der Waals surface area (Å²) in [6.07, 6.45) is 7.36. The second-order valence-corrected chi connectivity index (χ2v) is 6.49. The molecule has 5 heteroatoms. The van der Waals surface area contributed by atoms with Crippen LogP contribution in [0.5, 0.6) is 5.75 Å². The van der Waals surface area contributed by atoms with Crippen LogP contribution in [0, 0.1) is 6.92 Å². The molecule has 0 saturated carbocycles. The van der Waals surface area contributed by atoms with Gasteiger partial charge in [-0.1, -0.05) is 18.2 Å². The Morgan fingerprint density at radius 1 is 1.27 bits per heavy atom. The minimum atomic E-state index is -0.159. The molecule has 0 radical (unpaired) electrons. The van der Waals surface area contributed by atoms with Gasteiger partial charge in [0.25, 0.3) is 0 Å². The molecule has 3 rings (SSSR count). The van der Waals surface area contributed by atoms with E-state index in [1.54, 1.807) is 6.08 Å². The number of benzene rings is 1. The SMILES string of the molecule is Cc1ccc2nc(CNC(=O)/C=C/c3cccc(OC(C)C)c3)cn2c1. The quantitative estimate of drug-likeness (QED) is 0.690. The number of aryl methyl sites for hydroxylation is 1. The molecule has 1 N–H and O–H groups in total. The number of fused-ring (bicyclic) bond motifs is 1. The Balaban J connectivity index is 1.58. The fourth-order valence-corrected chi connectivity index (χ4v) is 2.61. The van der Waals surface area contributed by atoms with E-state index in [1.807, 2.05) is 74.0 Å². The van der Waals surface area contributed by atoms with Gasteiger partial charge < -0.3 is 14.5 Å². The molecule has 26 heavy (non-hydrogen) atoms. The van der Waals surface area contributed by atoms with Crippen molar-refractivity contribution in [3.8, 4) is 5.75 Å². The van der Waals surface area contributed by atoms with E-state index in [0.717, 1.165) is 28.2 Å². The first-order valence-electron chi connectivity index (χ1n) is 8.66. The number of aromatic nitrogens is 2. The van der Waals surface area contributed by atoms with Crippen molar-refractivity contribution in [1.29, 1.82) is 0 Å². The summed E-state index contributed by atoms with van der Waals surface area (Å²) in [5.74, 6) is 0.635. The maximum absolute atomic E-state index is 12.1. The molecule has 0 spiro atoms. The normalized spacial score (nSPS) is 11.4. The second-order valence-electron chi connectivity index (χ2n) is 6.49. The molecule has 0 aliphatic rings. The summed E-state index contributed by atoms with van der Waals surface area (Å²) in [6, 6.07) is 11.6. The average molecular weight is 349 g/mol. The molecule has 0 atom stereocenters. The molecular weight excluding hydrogens is 326 g/mol. The van der Waals surface area contributed by atoms with Crippen LogP contribution in [0.3, 0.4) is 0 Å². The number of carbonyl (C=O) groups excluding carboxylic acids is 1. The third kappa shape index (κ3) is 4.72. The smallest absolute Gasteiger partial charge is 0.244 e. The zero-order valence-corrected chi connectivity index (χ0v) is 15.3. The zero-order valence-electron chi connectivity index (χ0n) is 15.3. The summed E-state index contributed by atoms with van der Waals surface area (Å²) in [4.78, 5) is 16.5. The molecule has 5 nitrogen and oxygen atoms in total. The van der Waals surface area contributed by atoms with Crippen LogP contribution >= 0.6 is 0 Å². The third-order valence-electron chi connectivity index (χ3n) is 3.75. The number of nitrogens with zero attached hydrogens (tertiary/aromatic N) is 2. The summed E-state index contributed by atoms with van der Waals surface area (Å²) in [6.45, 7) is 6.39. The number of carbonyl (C=O) groups is 1. The van der Waals surface area contributed by atoms with Gasteiger partial charge in [-0.15, -0.1) is 0 Å². The van der Waals surface area contributed by atoms with Crippen molar-refractivity contribution < 1.29 is 9.53 Å². The first-order chi connectivity index (χ1) is 12.5. The van der Waals surface area contributed by atoms with Gasteiger partial charge in [0.05, 0.1) is 18.3 Å². The van der Waals surface area contributed by atoms with Crippen molar-refractivity contribution >= 4 is 17.6 Å². The van der Waals surface area contributed by atoms with Gasteiger partial charge in [-0.25, -0.2) is 4.98 Å². The lowest BCUT2D eigenvalue weighted by Gasteiger charge is -2.09. The summed E-state index contributed by atoms with van der Waals surface area (Å²) in [5.41, 5.74) is 3.78. The Morgan fingerprint density at radius 2 is 2.12 bits per heavy atom. The van der Waals surface area contributed by atoms with Gasteiger partial charge in [0.15, 0.2) is 0 Å². The van der Waals surface area contributed by atoms with Gasteiger partial charge in [0.1, 0.15) is 11.4 Å². The molecule has 0 unspecified atom stereocenters. The number of ether oxygens (including phenoxy) is 1. The van der Waals surface area contributed by atoms with Crippen LogP contribution < -0.4 is 10.1 Å². The lowest BCUT2D eigenvalue weighted by atomic mass is 10.2. The standard InChI is InChI=1S/C21H23N3O2/c1-15(2)26-19-6-4-5-17(11-19)8-10-21(25)22-12-18-14-24-13-16(3)7-9-20(24)23-18/h4-11,13-15H,12H2,1-3H3,(H,22,25)/b10-8+. The first-order valence-corrected chi connectivity index (χ1v) is 8.66. The number of hydrogen-bond acceptors (Lipinski definition) is 3. The van der Waals surface area contributed by atoms with Crippen LogP contribution in [0.4, 0.5) is 0 Å². The van der Waals surface area contributed by atoms with Gasteiger partial charge in [0.2, 0.25) is 5.91 Å². The van der Waals surface area contributed by atoms with E-state index < -0.39 is 0 Å². The van der Waals surface area contributed by atoms with E-state index in [9.17, 15) is 4.79 Å². The van der Waals surface area contributed by atoms with E-state index in [4.69, 9.17) is 4.74 Å². The largest absolute Gasteiger partial charge is 0.491 e. The molecule has 1 aromatic carbocycles. The Morgan fingerprint density at radius 3 is 2.92 bits per heavy atom. The predicted molar refractivity (Wildman–Crippen MR) is 103 cm³/mol. The van der Waals surface area contributed by atoms with Crippen molar-refractivity contribution in [3.63, 3.8) is 0 Å². The highest BCUT2D eigenvalue weighted by Gasteiger charge is 2.03. The predicted octanol–water partition coefficient (Wildman–Crippen LogP) is 3.76. The summed E-state index contributed by atoms with van der Waals surface area (Å²) in [7, 11) is 0. The molecule has 0 aliphatic carbocycles. The van der Waals surface area contributed by atoms with Gasteiger partial charge in [-0.05, 0) is 56.2 Å². The monoisotopic (exact) mass is 349 g/mol. The lowest BCUT2D eigenvalue weighted by molar-refractivity contribution is -0.116. The summed E-state index contributed by atoms with van der Waals surface area (Å²) in [5, 5.41) is 2.86. The fourth-order valence-electron chi connectivity index (χ4n) is 2.61. The average Bonchev–Trinajstić information content (AvgIpc) is 3.00. The number of amides is 1. The van der Waals surface area contributed by atoms with Crippen molar-refractivity contribution in [2.45, 2.75) is 33.4 Å². The van der Waals surface area contributed by atoms with Crippen LogP contribution in [0.1, 0.15) is 30.7 Å². The topological polar surface area (TPSA) is 55.6 Å². The van der Waals surface area contributed by atoms with E-state index in [1.165, 1.54) is 6.08 Å². The number of hydrogen-bond donors (Lipinski definition) is 1. The maximum atomic E-state index is 12.1. The Hall–Kier alpha value is -3.08. The minimum Gasteiger partial charge on any atom is -0.491 e. The minimum absolute atomic E-state index is 0.117. The number of pyridine rings is 1. The fraction of sp³-hybridized carbons (Fsp3) is 0.238. The first kappa shape index (κ1) is 17.7. The molecule has 0 saturated heterocycles. The van der Waals surface area contributed by atoms with Gasteiger partial charge in [-0.3, -0.25) is 4.79 Å². The van der Waals surface area contributed by atoms with E-state index in [2.05, 4.69) is 10.3 Å². The van der Waals surface area contributed by atoms with E-state index in [0.29, 0.717) is 6.54 Å². The van der Waals surface area contributed by atoms with Crippen molar-refractivity contribution in [1.82, 2.24) is 14.7 Å². The molecule has 0 bridgehead atoms.